The van der Waals surface area contributed by atoms with Gasteiger partial charge in [0.2, 0.25) is 0 Å². The molecule has 1 amide bonds. The summed E-state index contributed by atoms with van der Waals surface area (Å²) < 4.78 is 10.8. The highest BCUT2D eigenvalue weighted by Gasteiger charge is 2.15. The van der Waals surface area contributed by atoms with Crippen molar-refractivity contribution in [1.29, 1.82) is 0 Å². The van der Waals surface area contributed by atoms with Crippen molar-refractivity contribution >= 4 is 17.7 Å². The van der Waals surface area contributed by atoms with Gasteiger partial charge in [0, 0.05) is 11.6 Å². The van der Waals surface area contributed by atoms with E-state index in [0.717, 1.165) is 35.6 Å². The number of rotatable bonds is 7. The largest absolute Gasteiger partial charge is 0.494 e. The van der Waals surface area contributed by atoms with Gasteiger partial charge in [-0.3, -0.25) is 0 Å². The minimum atomic E-state index is -0.451. The number of hydrogen-bond donors (Lipinski definition) is 1. The number of halogens is 1. The standard InChI is InChI=1S/C17H26ClNO3/c1-13-8-9-14(12-15(13)18)21-11-7-5-6-10-19-16(20)22-17(2,3)4/h8-9,12H,5-7,10-11H2,1-4H3,(H,19,20). The number of ether oxygens (including phenoxy) is 2. The predicted octanol–water partition coefficient (Wildman–Crippen LogP) is 4.72. The summed E-state index contributed by atoms with van der Waals surface area (Å²) in [6.45, 7) is 8.77. The Hall–Kier alpha value is -1.42. The summed E-state index contributed by atoms with van der Waals surface area (Å²) in [6, 6.07) is 5.70. The van der Waals surface area contributed by atoms with Gasteiger partial charge in [0.15, 0.2) is 0 Å². The Balaban J connectivity index is 2.06. The van der Waals surface area contributed by atoms with Crippen molar-refractivity contribution in [2.24, 2.45) is 0 Å². The molecule has 0 saturated heterocycles. The van der Waals surface area contributed by atoms with E-state index in [4.69, 9.17) is 21.1 Å². The van der Waals surface area contributed by atoms with Crippen molar-refractivity contribution in [2.45, 2.75) is 52.6 Å². The number of nitrogens with one attached hydrogen (secondary N) is 1. The van der Waals surface area contributed by atoms with Crippen LogP contribution in [0.4, 0.5) is 4.79 Å². The molecule has 22 heavy (non-hydrogen) atoms. The van der Waals surface area contributed by atoms with Crippen molar-refractivity contribution in [3.63, 3.8) is 0 Å². The van der Waals surface area contributed by atoms with Crippen LogP contribution in [0.25, 0.3) is 0 Å². The molecule has 0 spiro atoms. The quantitative estimate of drug-likeness (QED) is 0.737. The summed E-state index contributed by atoms with van der Waals surface area (Å²) in [5.74, 6) is 0.794. The molecule has 0 heterocycles. The summed E-state index contributed by atoms with van der Waals surface area (Å²) in [5, 5.41) is 3.46. The van der Waals surface area contributed by atoms with Gasteiger partial charge in [-0.25, -0.2) is 4.79 Å². The van der Waals surface area contributed by atoms with Crippen molar-refractivity contribution in [2.75, 3.05) is 13.2 Å². The second kappa shape index (κ2) is 8.89. The van der Waals surface area contributed by atoms with Crippen LogP contribution in [0, 0.1) is 6.92 Å². The molecule has 4 nitrogen and oxygen atoms in total. The molecule has 0 aliphatic carbocycles. The van der Waals surface area contributed by atoms with E-state index in [1.165, 1.54) is 0 Å². The molecule has 0 fully saturated rings. The first-order chi connectivity index (χ1) is 10.3. The maximum absolute atomic E-state index is 11.4. The summed E-state index contributed by atoms with van der Waals surface area (Å²) in [4.78, 5) is 11.4. The summed E-state index contributed by atoms with van der Waals surface area (Å²) in [5.41, 5.74) is 0.593. The van der Waals surface area contributed by atoms with Gasteiger partial charge in [0.05, 0.1) is 6.61 Å². The van der Waals surface area contributed by atoms with Crippen LogP contribution in [0.3, 0.4) is 0 Å². The summed E-state index contributed by atoms with van der Waals surface area (Å²) in [6.07, 6.45) is 2.45. The molecule has 0 radical (unpaired) electrons. The van der Waals surface area contributed by atoms with Gasteiger partial charge in [-0.2, -0.15) is 0 Å². The number of aryl methyl sites for hydroxylation is 1. The SMILES string of the molecule is Cc1ccc(OCCCCCNC(=O)OC(C)(C)C)cc1Cl. The highest BCUT2D eigenvalue weighted by Crippen LogP contribution is 2.21. The number of unbranched alkanes of at least 4 members (excludes halogenated alkanes) is 2. The molecule has 0 saturated carbocycles. The summed E-state index contributed by atoms with van der Waals surface area (Å²) >= 11 is 6.04. The van der Waals surface area contributed by atoms with Crippen LogP contribution in [0.15, 0.2) is 18.2 Å². The maximum Gasteiger partial charge on any atom is 0.407 e. The second-order valence-electron chi connectivity index (χ2n) is 6.25. The molecule has 124 valence electrons. The molecular formula is C17H26ClNO3. The molecule has 0 atom stereocenters. The number of hydrogen-bond acceptors (Lipinski definition) is 3. The molecule has 5 heteroatoms. The zero-order chi connectivity index (χ0) is 16.6. The topological polar surface area (TPSA) is 47.6 Å². The smallest absolute Gasteiger partial charge is 0.407 e. The van der Waals surface area contributed by atoms with Crippen LogP contribution < -0.4 is 10.1 Å². The lowest BCUT2D eigenvalue weighted by atomic mass is 10.2. The van der Waals surface area contributed by atoms with Crippen LogP contribution in [-0.2, 0) is 4.74 Å². The normalized spacial score (nSPS) is 11.1. The van der Waals surface area contributed by atoms with Gasteiger partial charge in [-0.15, -0.1) is 0 Å². The van der Waals surface area contributed by atoms with Crippen LogP contribution in [-0.4, -0.2) is 24.8 Å². The monoisotopic (exact) mass is 327 g/mol. The minimum Gasteiger partial charge on any atom is -0.494 e. The third-order valence-corrected chi connectivity index (χ3v) is 3.31. The molecule has 1 aromatic rings. The van der Waals surface area contributed by atoms with Crippen LogP contribution >= 0.6 is 11.6 Å². The van der Waals surface area contributed by atoms with Gasteiger partial charge in [-0.05, 0) is 64.7 Å². The van der Waals surface area contributed by atoms with Gasteiger partial charge in [-0.1, -0.05) is 17.7 Å². The molecule has 0 aliphatic heterocycles. The Bertz CT molecular complexity index is 483. The van der Waals surface area contributed by atoms with E-state index in [0.29, 0.717) is 13.2 Å². The number of benzene rings is 1. The van der Waals surface area contributed by atoms with E-state index in [-0.39, 0.29) is 6.09 Å². The third kappa shape index (κ3) is 8.13. The van der Waals surface area contributed by atoms with Crippen LogP contribution in [0.5, 0.6) is 5.75 Å². The molecule has 1 rings (SSSR count). The molecule has 0 unspecified atom stereocenters. The third-order valence-electron chi connectivity index (χ3n) is 2.90. The second-order valence-corrected chi connectivity index (χ2v) is 6.66. The minimum absolute atomic E-state index is 0.363. The fourth-order valence-electron chi connectivity index (χ4n) is 1.76. The Morgan fingerprint density at radius 3 is 2.59 bits per heavy atom. The lowest BCUT2D eigenvalue weighted by Gasteiger charge is -2.19. The van der Waals surface area contributed by atoms with E-state index in [2.05, 4.69) is 5.32 Å². The predicted molar refractivity (Wildman–Crippen MR) is 89.8 cm³/mol. The van der Waals surface area contributed by atoms with Crippen LogP contribution in [0.2, 0.25) is 5.02 Å². The van der Waals surface area contributed by atoms with E-state index >= 15 is 0 Å². The Morgan fingerprint density at radius 2 is 1.95 bits per heavy atom. The summed E-state index contributed by atoms with van der Waals surface area (Å²) in [7, 11) is 0. The average molecular weight is 328 g/mol. The molecule has 1 N–H and O–H groups in total. The van der Waals surface area contributed by atoms with Gasteiger partial charge in [0.1, 0.15) is 11.4 Å². The average Bonchev–Trinajstić information content (AvgIpc) is 2.39. The van der Waals surface area contributed by atoms with E-state index in [1.807, 2.05) is 45.9 Å². The van der Waals surface area contributed by atoms with Crippen molar-refractivity contribution in [3.8, 4) is 5.75 Å². The highest BCUT2D eigenvalue weighted by molar-refractivity contribution is 6.31. The first-order valence-electron chi connectivity index (χ1n) is 7.64. The Kier molecular flexibility index (Phi) is 7.52. The lowest BCUT2D eigenvalue weighted by molar-refractivity contribution is 0.0527. The molecular weight excluding hydrogens is 302 g/mol. The number of amides is 1. The number of carbonyl (C=O) groups is 1. The van der Waals surface area contributed by atoms with E-state index < -0.39 is 5.60 Å². The van der Waals surface area contributed by atoms with Crippen molar-refractivity contribution < 1.29 is 14.3 Å². The lowest BCUT2D eigenvalue weighted by Crippen LogP contribution is -2.33. The van der Waals surface area contributed by atoms with E-state index in [1.54, 1.807) is 0 Å². The first-order valence-corrected chi connectivity index (χ1v) is 8.01. The molecule has 0 bridgehead atoms. The maximum atomic E-state index is 11.4. The van der Waals surface area contributed by atoms with Gasteiger partial charge >= 0.3 is 6.09 Å². The van der Waals surface area contributed by atoms with Crippen molar-refractivity contribution in [1.82, 2.24) is 5.32 Å². The van der Waals surface area contributed by atoms with E-state index in [9.17, 15) is 4.79 Å². The van der Waals surface area contributed by atoms with Gasteiger partial charge < -0.3 is 14.8 Å². The Labute approximate surface area is 138 Å². The van der Waals surface area contributed by atoms with Crippen LogP contribution in [0.1, 0.15) is 45.6 Å². The molecule has 0 aliphatic rings. The Morgan fingerprint density at radius 1 is 1.23 bits per heavy atom. The zero-order valence-corrected chi connectivity index (χ0v) is 14.6. The van der Waals surface area contributed by atoms with Crippen molar-refractivity contribution in [3.05, 3.63) is 28.8 Å². The highest BCUT2D eigenvalue weighted by atomic mass is 35.5. The first kappa shape index (κ1) is 18.6. The fraction of sp³-hybridized carbons (Fsp3) is 0.588. The number of carbonyl (C=O) groups excluding carboxylic acids is 1. The molecule has 1 aromatic carbocycles. The number of alkyl carbamates (subject to hydrolysis) is 1. The molecule has 0 aromatic heterocycles. The zero-order valence-electron chi connectivity index (χ0n) is 13.9. The fourth-order valence-corrected chi connectivity index (χ4v) is 1.93. The van der Waals surface area contributed by atoms with Gasteiger partial charge in [0.25, 0.3) is 0 Å².